The molecule has 2 rings (SSSR count). The summed E-state index contributed by atoms with van der Waals surface area (Å²) in [5.74, 6) is 0.755. The Hall–Kier alpha value is -1.02. The van der Waals surface area contributed by atoms with E-state index in [1.54, 1.807) is 7.05 Å². The van der Waals surface area contributed by atoms with Crippen LogP contribution in [-0.4, -0.2) is 27.3 Å². The van der Waals surface area contributed by atoms with Gasteiger partial charge in [-0.05, 0) is 52.5 Å². The van der Waals surface area contributed by atoms with E-state index in [1.807, 2.05) is 7.05 Å². The first-order valence-electron chi connectivity index (χ1n) is 5.34. The standard InChI is InChI=1S/C11H14IN5/c1-13-10(7-11-14-16-17(2)15-11)8-3-5-9(12)6-4-8/h3-6,10,13H,7H2,1-2H3. The van der Waals surface area contributed by atoms with Gasteiger partial charge in [0, 0.05) is 16.0 Å². The van der Waals surface area contributed by atoms with E-state index in [4.69, 9.17) is 0 Å². The van der Waals surface area contributed by atoms with Crippen LogP contribution in [-0.2, 0) is 13.5 Å². The lowest BCUT2D eigenvalue weighted by Crippen LogP contribution is -2.19. The third kappa shape index (κ3) is 3.22. The van der Waals surface area contributed by atoms with Crippen LogP contribution in [0.25, 0.3) is 0 Å². The summed E-state index contributed by atoms with van der Waals surface area (Å²) in [6.07, 6.45) is 0.741. The number of nitrogens with one attached hydrogen (secondary N) is 1. The number of nitrogens with zero attached hydrogens (tertiary/aromatic N) is 4. The van der Waals surface area contributed by atoms with Gasteiger partial charge in [-0.2, -0.15) is 4.80 Å². The number of aryl methyl sites for hydroxylation is 1. The molecule has 1 heterocycles. The monoisotopic (exact) mass is 343 g/mol. The van der Waals surface area contributed by atoms with Gasteiger partial charge in [-0.15, -0.1) is 10.2 Å². The molecule has 6 heteroatoms. The molecule has 0 fully saturated rings. The van der Waals surface area contributed by atoms with Gasteiger partial charge >= 0.3 is 0 Å². The average Bonchev–Trinajstić information content (AvgIpc) is 2.73. The van der Waals surface area contributed by atoms with Crippen LogP contribution < -0.4 is 5.32 Å². The smallest absolute Gasteiger partial charge is 0.176 e. The third-order valence-corrected chi connectivity index (χ3v) is 3.28. The number of likely N-dealkylation sites (N-methyl/N-ethyl adjacent to an activating group) is 1. The zero-order valence-electron chi connectivity index (χ0n) is 9.76. The van der Waals surface area contributed by atoms with Crippen molar-refractivity contribution in [2.75, 3.05) is 7.05 Å². The van der Waals surface area contributed by atoms with Crippen molar-refractivity contribution in [2.24, 2.45) is 7.05 Å². The number of aromatic nitrogens is 4. The molecular formula is C11H14IN5. The predicted molar refractivity (Wildman–Crippen MR) is 73.5 cm³/mol. The van der Waals surface area contributed by atoms with Gasteiger partial charge in [0.15, 0.2) is 5.82 Å². The Morgan fingerprint density at radius 2 is 2.06 bits per heavy atom. The lowest BCUT2D eigenvalue weighted by Gasteiger charge is -2.14. The van der Waals surface area contributed by atoms with Crippen molar-refractivity contribution in [1.82, 2.24) is 25.5 Å². The molecule has 5 nitrogen and oxygen atoms in total. The second-order valence-corrected chi connectivity index (χ2v) is 5.04. The molecule has 1 aromatic heterocycles. The molecule has 1 unspecified atom stereocenters. The van der Waals surface area contributed by atoms with Crippen LogP contribution in [0.3, 0.4) is 0 Å². The molecule has 0 spiro atoms. The van der Waals surface area contributed by atoms with E-state index in [0.717, 1.165) is 12.2 Å². The second kappa shape index (κ2) is 5.54. The highest BCUT2D eigenvalue weighted by atomic mass is 127. The maximum Gasteiger partial charge on any atom is 0.176 e. The molecule has 1 aromatic carbocycles. The van der Waals surface area contributed by atoms with Crippen molar-refractivity contribution in [3.63, 3.8) is 0 Å². The summed E-state index contributed by atoms with van der Waals surface area (Å²) in [4.78, 5) is 1.48. The summed E-state index contributed by atoms with van der Waals surface area (Å²) in [5, 5.41) is 15.3. The molecule has 2 aromatic rings. The van der Waals surface area contributed by atoms with Crippen LogP contribution in [0.1, 0.15) is 17.4 Å². The van der Waals surface area contributed by atoms with Gasteiger partial charge in [0.2, 0.25) is 0 Å². The Labute approximate surface area is 114 Å². The number of hydrogen-bond acceptors (Lipinski definition) is 4. The summed E-state index contributed by atoms with van der Waals surface area (Å²) in [6.45, 7) is 0. The van der Waals surface area contributed by atoms with E-state index >= 15 is 0 Å². The topological polar surface area (TPSA) is 55.6 Å². The van der Waals surface area contributed by atoms with E-state index in [0.29, 0.717) is 0 Å². The third-order valence-electron chi connectivity index (χ3n) is 2.56. The Kier molecular flexibility index (Phi) is 4.06. The van der Waals surface area contributed by atoms with Crippen molar-refractivity contribution in [3.8, 4) is 0 Å². The van der Waals surface area contributed by atoms with Crippen molar-refractivity contribution >= 4 is 22.6 Å². The predicted octanol–water partition coefficient (Wildman–Crippen LogP) is 1.32. The Morgan fingerprint density at radius 3 is 2.59 bits per heavy atom. The molecular weight excluding hydrogens is 329 g/mol. The fraction of sp³-hybridized carbons (Fsp3) is 0.364. The molecule has 17 heavy (non-hydrogen) atoms. The number of tetrazole rings is 1. The molecule has 1 N–H and O–H groups in total. The Morgan fingerprint density at radius 1 is 1.35 bits per heavy atom. The van der Waals surface area contributed by atoms with Gasteiger partial charge in [0.1, 0.15) is 0 Å². The lowest BCUT2D eigenvalue weighted by atomic mass is 10.0. The average molecular weight is 343 g/mol. The van der Waals surface area contributed by atoms with Crippen molar-refractivity contribution in [3.05, 3.63) is 39.2 Å². The number of hydrogen-bond donors (Lipinski definition) is 1. The zero-order valence-corrected chi connectivity index (χ0v) is 11.9. The Bertz CT molecular complexity index is 479. The summed E-state index contributed by atoms with van der Waals surface area (Å²) in [6, 6.07) is 8.67. The van der Waals surface area contributed by atoms with E-state index in [9.17, 15) is 0 Å². The van der Waals surface area contributed by atoms with Crippen LogP contribution in [0.15, 0.2) is 24.3 Å². The van der Waals surface area contributed by atoms with Crippen LogP contribution >= 0.6 is 22.6 Å². The number of rotatable bonds is 4. The van der Waals surface area contributed by atoms with Crippen LogP contribution in [0.5, 0.6) is 0 Å². The van der Waals surface area contributed by atoms with Gasteiger partial charge in [0.05, 0.1) is 7.05 Å². The lowest BCUT2D eigenvalue weighted by molar-refractivity contribution is 0.570. The zero-order chi connectivity index (χ0) is 12.3. The first-order valence-corrected chi connectivity index (χ1v) is 6.42. The summed E-state index contributed by atoms with van der Waals surface area (Å²) < 4.78 is 1.24. The number of halogens is 1. The minimum atomic E-state index is 0.219. The minimum absolute atomic E-state index is 0.219. The summed E-state index contributed by atoms with van der Waals surface area (Å²) in [5.41, 5.74) is 1.24. The van der Waals surface area contributed by atoms with E-state index in [1.165, 1.54) is 13.9 Å². The highest BCUT2D eigenvalue weighted by Gasteiger charge is 2.13. The molecule has 0 saturated carbocycles. The molecule has 0 saturated heterocycles. The molecule has 0 aliphatic rings. The first kappa shape index (κ1) is 12.4. The highest BCUT2D eigenvalue weighted by molar-refractivity contribution is 14.1. The summed E-state index contributed by atoms with van der Waals surface area (Å²) in [7, 11) is 3.72. The van der Waals surface area contributed by atoms with Gasteiger partial charge in [-0.3, -0.25) is 0 Å². The molecule has 0 bridgehead atoms. The molecule has 0 amide bonds. The molecule has 0 aliphatic carbocycles. The quantitative estimate of drug-likeness (QED) is 0.851. The highest BCUT2D eigenvalue weighted by Crippen LogP contribution is 2.17. The fourth-order valence-electron chi connectivity index (χ4n) is 1.67. The number of benzene rings is 1. The normalized spacial score (nSPS) is 12.6. The van der Waals surface area contributed by atoms with Crippen LogP contribution in [0, 0.1) is 3.57 Å². The summed E-state index contributed by atoms with van der Waals surface area (Å²) >= 11 is 2.30. The second-order valence-electron chi connectivity index (χ2n) is 3.79. The first-order chi connectivity index (χ1) is 8.19. The van der Waals surface area contributed by atoms with Crippen molar-refractivity contribution in [1.29, 1.82) is 0 Å². The van der Waals surface area contributed by atoms with Gasteiger partial charge in [-0.25, -0.2) is 0 Å². The maximum atomic E-state index is 4.19. The fourth-order valence-corrected chi connectivity index (χ4v) is 2.03. The van der Waals surface area contributed by atoms with E-state index < -0.39 is 0 Å². The van der Waals surface area contributed by atoms with Crippen LogP contribution in [0.4, 0.5) is 0 Å². The molecule has 90 valence electrons. The molecule has 0 radical (unpaired) electrons. The van der Waals surface area contributed by atoms with Gasteiger partial charge in [0.25, 0.3) is 0 Å². The molecule has 0 aliphatic heterocycles. The molecule has 1 atom stereocenters. The minimum Gasteiger partial charge on any atom is -0.313 e. The van der Waals surface area contributed by atoms with Crippen molar-refractivity contribution in [2.45, 2.75) is 12.5 Å². The van der Waals surface area contributed by atoms with Crippen molar-refractivity contribution < 1.29 is 0 Å². The van der Waals surface area contributed by atoms with E-state index in [2.05, 4.69) is 67.6 Å². The van der Waals surface area contributed by atoms with E-state index in [-0.39, 0.29) is 6.04 Å². The van der Waals surface area contributed by atoms with Gasteiger partial charge in [-0.1, -0.05) is 12.1 Å². The maximum absolute atomic E-state index is 4.19. The Balaban J connectivity index is 2.13. The largest absolute Gasteiger partial charge is 0.313 e. The van der Waals surface area contributed by atoms with Gasteiger partial charge < -0.3 is 5.32 Å². The SMILES string of the molecule is CNC(Cc1nnn(C)n1)c1ccc(I)cc1. The van der Waals surface area contributed by atoms with Crippen LogP contribution in [0.2, 0.25) is 0 Å².